The highest BCUT2D eigenvalue weighted by Gasteiger charge is 2.38. The lowest BCUT2D eigenvalue weighted by Gasteiger charge is -2.26. The van der Waals surface area contributed by atoms with Crippen LogP contribution in [0.1, 0.15) is 58.8 Å². The van der Waals surface area contributed by atoms with Crippen molar-refractivity contribution >= 4 is 5.91 Å². The minimum absolute atomic E-state index is 0.0347. The van der Waals surface area contributed by atoms with Gasteiger partial charge in [0.25, 0.3) is 5.91 Å². The molecule has 2 atom stereocenters. The van der Waals surface area contributed by atoms with Gasteiger partial charge < -0.3 is 10.0 Å². The summed E-state index contributed by atoms with van der Waals surface area (Å²) in [5.41, 5.74) is 7.74. The smallest absolute Gasteiger partial charge is 0.254 e. The van der Waals surface area contributed by atoms with E-state index in [9.17, 15) is 9.90 Å². The number of carbonyl (C=O) groups excluding carboxylic acids is 1. The zero-order valence-electron chi connectivity index (χ0n) is 18.2. The van der Waals surface area contributed by atoms with Gasteiger partial charge in [0.15, 0.2) is 0 Å². The molecule has 1 amide bonds. The fourth-order valence-electron chi connectivity index (χ4n) is 5.11. The molecule has 0 unspecified atom stereocenters. The Morgan fingerprint density at radius 3 is 2.55 bits per heavy atom. The number of nitrogens with zero attached hydrogens (tertiary/aromatic N) is 3. The number of aromatic nitrogens is 2. The number of amides is 1. The van der Waals surface area contributed by atoms with E-state index in [2.05, 4.69) is 48.4 Å². The number of fused-ring (bicyclic) bond motifs is 1. The molecule has 160 valence electrons. The molecular formula is C26H29N3O2. The van der Waals surface area contributed by atoms with Crippen molar-refractivity contribution < 1.29 is 9.90 Å². The van der Waals surface area contributed by atoms with Gasteiger partial charge in [-0.1, -0.05) is 37.3 Å². The van der Waals surface area contributed by atoms with Crippen LogP contribution in [0.5, 0.6) is 0 Å². The molecule has 2 heterocycles. The molecule has 1 fully saturated rings. The van der Waals surface area contributed by atoms with Gasteiger partial charge in [0.2, 0.25) is 0 Å². The summed E-state index contributed by atoms with van der Waals surface area (Å²) in [4.78, 5) is 15.0. The average molecular weight is 416 g/mol. The van der Waals surface area contributed by atoms with E-state index in [1.165, 1.54) is 16.7 Å². The average Bonchev–Trinajstić information content (AvgIpc) is 3.47. The third-order valence-corrected chi connectivity index (χ3v) is 6.84. The van der Waals surface area contributed by atoms with E-state index in [4.69, 9.17) is 0 Å². The van der Waals surface area contributed by atoms with Crippen molar-refractivity contribution in [2.24, 2.45) is 7.05 Å². The van der Waals surface area contributed by atoms with Crippen molar-refractivity contribution in [1.82, 2.24) is 14.7 Å². The first-order valence-electron chi connectivity index (χ1n) is 11.3. The van der Waals surface area contributed by atoms with Gasteiger partial charge in [-0.25, -0.2) is 0 Å². The summed E-state index contributed by atoms with van der Waals surface area (Å²) in [7, 11) is 1.92. The Kier molecular flexibility index (Phi) is 5.14. The van der Waals surface area contributed by atoms with E-state index >= 15 is 0 Å². The molecule has 5 heteroatoms. The van der Waals surface area contributed by atoms with Crippen LogP contribution in [0.3, 0.4) is 0 Å². The third-order valence-electron chi connectivity index (χ3n) is 6.84. The molecule has 31 heavy (non-hydrogen) atoms. The Bertz CT molecular complexity index is 1120. The molecule has 0 saturated heterocycles. The van der Waals surface area contributed by atoms with Gasteiger partial charge in [0.05, 0.1) is 17.8 Å². The molecule has 2 aromatic carbocycles. The van der Waals surface area contributed by atoms with Crippen LogP contribution in [-0.2, 0) is 26.4 Å². The number of aryl methyl sites for hydroxylation is 2. The van der Waals surface area contributed by atoms with Crippen molar-refractivity contribution in [1.29, 1.82) is 0 Å². The van der Waals surface area contributed by atoms with Gasteiger partial charge in [-0.3, -0.25) is 9.48 Å². The number of rotatable bonds is 5. The highest BCUT2D eigenvalue weighted by Crippen LogP contribution is 2.34. The Hall–Kier alpha value is -2.92. The molecule has 1 aliphatic heterocycles. The monoisotopic (exact) mass is 415 g/mol. The van der Waals surface area contributed by atoms with Gasteiger partial charge in [0.1, 0.15) is 0 Å². The van der Waals surface area contributed by atoms with Gasteiger partial charge in [-0.05, 0) is 66.5 Å². The first-order valence-corrected chi connectivity index (χ1v) is 11.3. The second-order valence-corrected chi connectivity index (χ2v) is 8.88. The zero-order chi connectivity index (χ0) is 21.5. The van der Waals surface area contributed by atoms with E-state index in [-0.39, 0.29) is 18.1 Å². The molecule has 1 aliphatic carbocycles. The predicted molar refractivity (Wildman–Crippen MR) is 121 cm³/mol. The Morgan fingerprint density at radius 1 is 1.10 bits per heavy atom. The highest BCUT2D eigenvalue weighted by molar-refractivity contribution is 5.99. The summed E-state index contributed by atoms with van der Waals surface area (Å²) in [6.45, 7) is 2.80. The number of aliphatic hydroxyl groups excluding tert-OH is 1. The van der Waals surface area contributed by atoms with Gasteiger partial charge >= 0.3 is 0 Å². The minimum Gasteiger partial charge on any atom is -0.391 e. The molecular weight excluding hydrogens is 386 g/mol. The summed E-state index contributed by atoms with van der Waals surface area (Å²) in [6.07, 6.45) is 5.99. The number of aliphatic hydroxyl groups is 1. The molecule has 0 spiro atoms. The Morgan fingerprint density at radius 2 is 1.90 bits per heavy atom. The Balaban J connectivity index is 1.39. The SMILES string of the molecule is CCc1cc2c(cc1Cc1ccc(-c3ccn(C)n3)cc1)C(=O)N([C@H]1CCC[C@@H]1O)C2. The molecule has 5 nitrogen and oxygen atoms in total. The van der Waals surface area contributed by atoms with Gasteiger partial charge in [-0.15, -0.1) is 0 Å². The third kappa shape index (κ3) is 3.68. The molecule has 5 rings (SSSR count). The largest absolute Gasteiger partial charge is 0.391 e. The lowest BCUT2D eigenvalue weighted by atomic mass is 9.93. The van der Waals surface area contributed by atoms with E-state index in [1.807, 2.05) is 28.9 Å². The number of hydrogen-bond donors (Lipinski definition) is 1. The van der Waals surface area contributed by atoms with Gasteiger partial charge in [0, 0.05) is 30.9 Å². The van der Waals surface area contributed by atoms with Crippen LogP contribution < -0.4 is 0 Å². The zero-order valence-corrected chi connectivity index (χ0v) is 18.2. The molecule has 1 saturated carbocycles. The van der Waals surface area contributed by atoms with Crippen LogP contribution >= 0.6 is 0 Å². The lowest BCUT2D eigenvalue weighted by Crippen LogP contribution is -2.40. The topological polar surface area (TPSA) is 58.4 Å². The molecule has 3 aromatic rings. The standard InChI is InChI=1S/C26H29N3O2/c1-3-18-14-21-16-29(24-5-4-6-25(24)30)26(31)22(21)15-20(18)13-17-7-9-19(10-8-17)23-11-12-28(2)27-23/h7-12,14-15,24-25,30H,3-6,13,16H2,1-2H3/t24-,25-/m0/s1. The number of benzene rings is 2. The number of hydrogen-bond acceptors (Lipinski definition) is 3. The highest BCUT2D eigenvalue weighted by atomic mass is 16.3. The van der Waals surface area contributed by atoms with Crippen LogP contribution in [0, 0.1) is 0 Å². The molecule has 0 radical (unpaired) electrons. The van der Waals surface area contributed by atoms with Crippen LogP contribution in [0.25, 0.3) is 11.3 Å². The first-order chi connectivity index (χ1) is 15.0. The Labute approximate surface area is 183 Å². The van der Waals surface area contributed by atoms with Crippen LogP contribution in [0.2, 0.25) is 0 Å². The molecule has 0 bridgehead atoms. The minimum atomic E-state index is -0.388. The van der Waals surface area contributed by atoms with E-state index in [0.29, 0.717) is 6.54 Å². The maximum absolute atomic E-state index is 13.1. The lowest BCUT2D eigenvalue weighted by molar-refractivity contribution is 0.0479. The maximum atomic E-state index is 13.1. The van der Waals surface area contributed by atoms with Crippen LogP contribution in [0.15, 0.2) is 48.7 Å². The maximum Gasteiger partial charge on any atom is 0.254 e. The second kappa shape index (κ2) is 7.97. The fraction of sp³-hybridized carbons (Fsp3) is 0.385. The predicted octanol–water partition coefficient (Wildman–Crippen LogP) is 4.11. The van der Waals surface area contributed by atoms with Crippen LogP contribution in [0.4, 0.5) is 0 Å². The summed E-state index contributed by atoms with van der Waals surface area (Å²) in [6, 6.07) is 14.8. The molecule has 1 aromatic heterocycles. The normalized spacial score (nSPS) is 20.5. The van der Waals surface area contributed by atoms with E-state index in [1.54, 1.807) is 0 Å². The van der Waals surface area contributed by atoms with Gasteiger partial charge in [-0.2, -0.15) is 5.10 Å². The fourth-order valence-corrected chi connectivity index (χ4v) is 5.11. The van der Waals surface area contributed by atoms with E-state index < -0.39 is 0 Å². The van der Waals surface area contributed by atoms with Crippen molar-refractivity contribution in [3.63, 3.8) is 0 Å². The first kappa shape index (κ1) is 20.0. The van der Waals surface area contributed by atoms with Crippen molar-refractivity contribution in [2.75, 3.05) is 0 Å². The molecule has 2 aliphatic rings. The number of carbonyl (C=O) groups is 1. The summed E-state index contributed by atoms with van der Waals surface area (Å²) >= 11 is 0. The molecule has 1 N–H and O–H groups in total. The second-order valence-electron chi connectivity index (χ2n) is 8.88. The quantitative estimate of drug-likeness (QED) is 0.682. The van der Waals surface area contributed by atoms with Crippen molar-refractivity contribution in [3.05, 3.63) is 76.5 Å². The summed E-state index contributed by atoms with van der Waals surface area (Å²) < 4.78 is 1.81. The summed E-state index contributed by atoms with van der Waals surface area (Å²) in [5, 5.41) is 14.8. The van der Waals surface area contributed by atoms with Crippen molar-refractivity contribution in [3.8, 4) is 11.3 Å². The van der Waals surface area contributed by atoms with Crippen molar-refractivity contribution in [2.45, 2.75) is 57.7 Å². The van der Waals surface area contributed by atoms with Crippen LogP contribution in [-0.4, -0.2) is 37.8 Å². The van der Waals surface area contributed by atoms with E-state index in [0.717, 1.165) is 54.5 Å². The summed E-state index contributed by atoms with van der Waals surface area (Å²) in [5.74, 6) is 0.0790.